The van der Waals surface area contributed by atoms with Crippen molar-refractivity contribution >= 4 is 22.8 Å². The quantitative estimate of drug-likeness (QED) is 0.541. The fourth-order valence-electron chi connectivity index (χ4n) is 1.98. The SMILES string of the molecule is Cc1[nH]c2ccc(O)cc2c1CCN.O=C(O)/C=C/C(=O)O. The second-order valence-electron chi connectivity index (χ2n) is 4.51. The molecular formula is C15H18N2O5. The van der Waals surface area contributed by atoms with Gasteiger partial charge in [-0.1, -0.05) is 0 Å². The molecular weight excluding hydrogens is 288 g/mol. The van der Waals surface area contributed by atoms with E-state index in [-0.39, 0.29) is 0 Å². The maximum atomic E-state index is 9.55. The topological polar surface area (TPSA) is 137 Å². The molecule has 7 nitrogen and oxygen atoms in total. The number of rotatable bonds is 4. The summed E-state index contributed by atoms with van der Waals surface area (Å²) >= 11 is 0. The van der Waals surface area contributed by atoms with Crippen molar-refractivity contribution in [1.82, 2.24) is 4.98 Å². The van der Waals surface area contributed by atoms with Gasteiger partial charge in [-0.05, 0) is 43.7 Å². The molecule has 1 heterocycles. The van der Waals surface area contributed by atoms with Crippen molar-refractivity contribution in [2.45, 2.75) is 13.3 Å². The maximum absolute atomic E-state index is 9.55. The van der Waals surface area contributed by atoms with Crippen LogP contribution in [0.4, 0.5) is 0 Å². The average Bonchev–Trinajstić information content (AvgIpc) is 2.74. The van der Waals surface area contributed by atoms with Crippen molar-refractivity contribution < 1.29 is 24.9 Å². The number of fused-ring (bicyclic) bond motifs is 1. The Morgan fingerprint density at radius 2 is 1.82 bits per heavy atom. The van der Waals surface area contributed by atoms with Gasteiger partial charge in [0.2, 0.25) is 0 Å². The standard InChI is InChI=1S/C11H14N2O.C4H4O4/c1-7-9(4-5-12)10-6-8(14)2-3-11(10)13-7;5-3(6)1-2-4(7)8/h2-3,6,13-14H,4-5,12H2,1H3;1-2H,(H,5,6)(H,7,8)/b;2-1+. The van der Waals surface area contributed by atoms with Gasteiger partial charge in [0.25, 0.3) is 0 Å². The minimum absolute atomic E-state index is 0.301. The predicted molar refractivity (Wildman–Crippen MR) is 81.9 cm³/mol. The van der Waals surface area contributed by atoms with Crippen LogP contribution in [0.15, 0.2) is 30.4 Å². The van der Waals surface area contributed by atoms with Gasteiger partial charge in [0.05, 0.1) is 0 Å². The molecule has 0 atom stereocenters. The number of aromatic hydroxyl groups is 1. The number of aromatic nitrogens is 1. The van der Waals surface area contributed by atoms with Crippen LogP contribution in [0.3, 0.4) is 0 Å². The molecule has 118 valence electrons. The van der Waals surface area contributed by atoms with E-state index in [4.69, 9.17) is 15.9 Å². The van der Waals surface area contributed by atoms with E-state index in [2.05, 4.69) is 4.98 Å². The number of aromatic amines is 1. The molecule has 2 aromatic rings. The summed E-state index contributed by atoms with van der Waals surface area (Å²) in [6.45, 7) is 2.66. The number of carboxylic acids is 2. The Bertz CT molecular complexity index is 687. The summed E-state index contributed by atoms with van der Waals surface area (Å²) < 4.78 is 0. The third kappa shape index (κ3) is 4.95. The molecule has 0 bridgehead atoms. The van der Waals surface area contributed by atoms with Crippen LogP contribution >= 0.6 is 0 Å². The van der Waals surface area contributed by atoms with Crippen LogP contribution in [0.25, 0.3) is 10.9 Å². The molecule has 0 saturated carbocycles. The molecule has 0 fully saturated rings. The number of H-pyrrole nitrogens is 1. The monoisotopic (exact) mass is 306 g/mol. The van der Waals surface area contributed by atoms with Crippen molar-refractivity contribution in [2.24, 2.45) is 5.73 Å². The van der Waals surface area contributed by atoms with E-state index >= 15 is 0 Å². The fraction of sp³-hybridized carbons (Fsp3) is 0.200. The highest BCUT2D eigenvalue weighted by molar-refractivity contribution is 5.89. The number of hydrogen-bond acceptors (Lipinski definition) is 4. The first-order chi connectivity index (χ1) is 10.3. The first-order valence-electron chi connectivity index (χ1n) is 6.49. The first kappa shape index (κ1) is 17.3. The lowest BCUT2D eigenvalue weighted by Crippen LogP contribution is -2.03. The Morgan fingerprint density at radius 3 is 2.32 bits per heavy atom. The summed E-state index contributed by atoms with van der Waals surface area (Å²) in [5, 5.41) is 26.1. The lowest BCUT2D eigenvalue weighted by Gasteiger charge is -1.98. The number of carbonyl (C=O) groups is 2. The van der Waals surface area contributed by atoms with E-state index in [1.807, 2.05) is 13.0 Å². The highest BCUT2D eigenvalue weighted by Crippen LogP contribution is 2.25. The van der Waals surface area contributed by atoms with Crippen molar-refractivity contribution in [1.29, 1.82) is 0 Å². The van der Waals surface area contributed by atoms with Gasteiger partial charge in [-0.25, -0.2) is 9.59 Å². The van der Waals surface area contributed by atoms with Crippen LogP contribution in [0.5, 0.6) is 5.75 Å². The van der Waals surface area contributed by atoms with Crippen molar-refractivity contribution in [3.05, 3.63) is 41.6 Å². The Balaban J connectivity index is 0.000000261. The van der Waals surface area contributed by atoms with Gasteiger partial charge < -0.3 is 26.0 Å². The smallest absolute Gasteiger partial charge is 0.328 e. The number of carboxylic acid groups (broad SMARTS) is 2. The Kier molecular flexibility index (Phi) is 6.15. The second kappa shape index (κ2) is 7.84. The van der Waals surface area contributed by atoms with E-state index in [0.717, 1.165) is 23.0 Å². The van der Waals surface area contributed by atoms with Crippen LogP contribution in [-0.4, -0.2) is 38.8 Å². The predicted octanol–water partition coefficient (Wildman–Crippen LogP) is 1.39. The van der Waals surface area contributed by atoms with Crippen LogP contribution < -0.4 is 5.73 Å². The molecule has 22 heavy (non-hydrogen) atoms. The normalized spacial score (nSPS) is 10.5. The van der Waals surface area contributed by atoms with E-state index in [9.17, 15) is 14.7 Å². The third-order valence-electron chi connectivity index (χ3n) is 2.87. The zero-order valence-electron chi connectivity index (χ0n) is 12.0. The highest BCUT2D eigenvalue weighted by atomic mass is 16.4. The van der Waals surface area contributed by atoms with Gasteiger partial charge in [0, 0.05) is 28.7 Å². The molecule has 2 rings (SSSR count). The highest BCUT2D eigenvalue weighted by Gasteiger charge is 2.07. The molecule has 0 aliphatic carbocycles. The summed E-state index contributed by atoms with van der Waals surface area (Å²) in [5.74, 6) is -2.21. The third-order valence-corrected chi connectivity index (χ3v) is 2.87. The number of nitrogens with two attached hydrogens (primary N) is 1. The Morgan fingerprint density at radius 1 is 1.23 bits per heavy atom. The Labute approximate surface area is 126 Å². The molecule has 1 aromatic heterocycles. The van der Waals surface area contributed by atoms with Gasteiger partial charge in [-0.15, -0.1) is 0 Å². The largest absolute Gasteiger partial charge is 0.508 e. The lowest BCUT2D eigenvalue weighted by molar-refractivity contribution is -0.134. The van der Waals surface area contributed by atoms with Gasteiger partial charge >= 0.3 is 11.9 Å². The number of benzene rings is 1. The number of aryl methyl sites for hydroxylation is 1. The van der Waals surface area contributed by atoms with E-state index < -0.39 is 11.9 Å². The van der Waals surface area contributed by atoms with Gasteiger partial charge in [0.15, 0.2) is 0 Å². The van der Waals surface area contributed by atoms with E-state index in [1.54, 1.807) is 12.1 Å². The van der Waals surface area contributed by atoms with Gasteiger partial charge in [-0.2, -0.15) is 0 Å². The van der Waals surface area contributed by atoms with Crippen LogP contribution in [0, 0.1) is 6.92 Å². The number of nitrogens with one attached hydrogen (secondary N) is 1. The molecule has 0 amide bonds. The first-order valence-corrected chi connectivity index (χ1v) is 6.49. The van der Waals surface area contributed by atoms with E-state index in [0.29, 0.717) is 24.4 Å². The van der Waals surface area contributed by atoms with Crippen molar-refractivity contribution in [3.8, 4) is 5.75 Å². The van der Waals surface area contributed by atoms with Gasteiger partial charge in [-0.3, -0.25) is 0 Å². The molecule has 7 heteroatoms. The zero-order chi connectivity index (χ0) is 16.7. The maximum Gasteiger partial charge on any atom is 0.328 e. The number of aliphatic carboxylic acids is 2. The zero-order valence-corrected chi connectivity index (χ0v) is 12.0. The minimum Gasteiger partial charge on any atom is -0.508 e. The number of phenolic OH excluding ortho intramolecular Hbond substituents is 1. The van der Waals surface area contributed by atoms with Crippen LogP contribution in [0.1, 0.15) is 11.3 Å². The molecule has 0 spiro atoms. The summed E-state index contributed by atoms with van der Waals surface area (Å²) in [6.07, 6.45) is 1.96. The summed E-state index contributed by atoms with van der Waals surface area (Å²) in [4.78, 5) is 22.4. The molecule has 0 aliphatic heterocycles. The molecule has 0 unspecified atom stereocenters. The number of hydrogen-bond donors (Lipinski definition) is 5. The molecule has 0 radical (unpaired) electrons. The minimum atomic E-state index is -1.26. The summed E-state index contributed by atoms with van der Waals surface area (Å²) in [6, 6.07) is 5.35. The molecule has 0 aliphatic rings. The fourth-order valence-corrected chi connectivity index (χ4v) is 1.98. The second-order valence-corrected chi connectivity index (χ2v) is 4.51. The lowest BCUT2D eigenvalue weighted by atomic mass is 10.1. The summed E-state index contributed by atoms with van der Waals surface area (Å²) in [5.41, 5.74) is 8.94. The van der Waals surface area contributed by atoms with E-state index in [1.165, 1.54) is 5.56 Å². The average molecular weight is 306 g/mol. The molecule has 0 saturated heterocycles. The Hall–Kier alpha value is -2.80. The molecule has 1 aromatic carbocycles. The van der Waals surface area contributed by atoms with Crippen LogP contribution in [0.2, 0.25) is 0 Å². The van der Waals surface area contributed by atoms with Crippen LogP contribution in [-0.2, 0) is 16.0 Å². The summed E-state index contributed by atoms with van der Waals surface area (Å²) in [7, 11) is 0. The van der Waals surface area contributed by atoms with Crippen molar-refractivity contribution in [2.75, 3.05) is 6.54 Å². The van der Waals surface area contributed by atoms with Crippen molar-refractivity contribution in [3.63, 3.8) is 0 Å². The van der Waals surface area contributed by atoms with Gasteiger partial charge in [0.1, 0.15) is 5.75 Å². The number of phenols is 1. The molecule has 6 N–H and O–H groups in total.